The second-order valence-electron chi connectivity index (χ2n) is 7.44. The zero-order valence-electron chi connectivity index (χ0n) is 14.3. The van der Waals surface area contributed by atoms with Crippen molar-refractivity contribution in [3.05, 3.63) is 42.4 Å². The minimum Gasteiger partial charge on any atom is -0.327 e. The van der Waals surface area contributed by atoms with Gasteiger partial charge in [0.15, 0.2) is 5.82 Å². The Balaban J connectivity index is 1.37. The number of carbonyl (C=O) groups is 1. The minimum absolute atomic E-state index is 0.0699. The predicted molar refractivity (Wildman–Crippen MR) is 95.7 cm³/mol. The van der Waals surface area contributed by atoms with E-state index in [-0.39, 0.29) is 17.9 Å². The molecular weight excluding hydrogens is 314 g/mol. The summed E-state index contributed by atoms with van der Waals surface area (Å²) in [5, 5.41) is 7.47. The van der Waals surface area contributed by atoms with Crippen LogP contribution in [0.5, 0.6) is 0 Å². The maximum atomic E-state index is 12.7. The molecule has 2 atom stereocenters. The van der Waals surface area contributed by atoms with Crippen LogP contribution in [0.1, 0.15) is 37.7 Å². The molecule has 0 radical (unpaired) electrons. The zero-order chi connectivity index (χ0) is 17.2. The highest BCUT2D eigenvalue weighted by Crippen LogP contribution is 2.42. The van der Waals surface area contributed by atoms with Crippen molar-refractivity contribution in [2.75, 3.05) is 5.32 Å². The fourth-order valence-electron chi connectivity index (χ4n) is 4.42. The quantitative estimate of drug-likeness (QED) is 0.896. The predicted octanol–water partition coefficient (Wildman–Crippen LogP) is 2.42. The maximum Gasteiger partial charge on any atom is 0.228 e. The number of nitrogens with two attached hydrogens (primary N) is 1. The van der Waals surface area contributed by atoms with Crippen molar-refractivity contribution in [3.63, 3.8) is 0 Å². The molecule has 2 heterocycles. The van der Waals surface area contributed by atoms with Crippen LogP contribution in [0.4, 0.5) is 5.82 Å². The number of rotatable bonds is 4. The van der Waals surface area contributed by atoms with E-state index in [4.69, 9.17) is 5.73 Å². The van der Waals surface area contributed by atoms with E-state index < -0.39 is 0 Å². The highest BCUT2D eigenvalue weighted by atomic mass is 16.2. The first-order chi connectivity index (χ1) is 12.2. The number of nitrogens with zero attached hydrogens (tertiary/aromatic N) is 3. The molecule has 2 aromatic heterocycles. The Morgan fingerprint density at radius 3 is 2.64 bits per heavy atom. The minimum atomic E-state index is 0.0699. The Bertz CT molecular complexity index is 714. The van der Waals surface area contributed by atoms with Gasteiger partial charge in [-0.05, 0) is 55.2 Å². The lowest BCUT2D eigenvalue weighted by atomic mass is 9.65. The molecule has 4 rings (SSSR count). The van der Waals surface area contributed by atoms with Crippen LogP contribution in [-0.2, 0) is 11.3 Å². The summed E-state index contributed by atoms with van der Waals surface area (Å²) < 4.78 is 1.83. The fraction of sp³-hybridized carbons (Fsp3) is 0.526. The van der Waals surface area contributed by atoms with Gasteiger partial charge >= 0.3 is 0 Å². The molecule has 2 fully saturated rings. The summed E-state index contributed by atoms with van der Waals surface area (Å²) in [4.78, 5) is 16.7. The van der Waals surface area contributed by atoms with Crippen LogP contribution in [-0.4, -0.2) is 26.7 Å². The van der Waals surface area contributed by atoms with E-state index in [0.29, 0.717) is 24.2 Å². The highest BCUT2D eigenvalue weighted by Gasteiger charge is 2.40. The molecule has 25 heavy (non-hydrogen) atoms. The van der Waals surface area contributed by atoms with Crippen molar-refractivity contribution >= 4 is 11.7 Å². The zero-order valence-corrected chi connectivity index (χ0v) is 14.3. The average molecular weight is 339 g/mol. The second kappa shape index (κ2) is 6.96. The third kappa shape index (κ3) is 3.58. The molecular formula is C19H25N5O. The molecule has 2 aliphatic carbocycles. The monoisotopic (exact) mass is 339 g/mol. The Labute approximate surface area is 147 Å². The summed E-state index contributed by atoms with van der Waals surface area (Å²) in [6.07, 6.45) is 10.9. The summed E-state index contributed by atoms with van der Waals surface area (Å²) in [5.74, 6) is 1.80. The van der Waals surface area contributed by atoms with Crippen molar-refractivity contribution < 1.29 is 4.79 Å². The number of hydrogen-bond acceptors (Lipinski definition) is 4. The standard InChI is InChI=1S/C19H25N5O/c20-18-14-2-1-3-15(18)11-16(10-14)19(25)22-17-6-9-24(23-17)12-13-4-7-21-8-5-13/h4-9,14-16,18H,1-3,10-12,20H2,(H,22,23,25). The van der Waals surface area contributed by atoms with E-state index >= 15 is 0 Å². The van der Waals surface area contributed by atoms with E-state index in [1.54, 1.807) is 12.4 Å². The normalized spacial score (nSPS) is 28.5. The van der Waals surface area contributed by atoms with Gasteiger partial charge in [-0.25, -0.2) is 0 Å². The Morgan fingerprint density at radius 2 is 1.92 bits per heavy atom. The molecule has 0 aliphatic heterocycles. The Kier molecular flexibility index (Phi) is 4.53. The number of fused-ring (bicyclic) bond motifs is 2. The largest absolute Gasteiger partial charge is 0.327 e. The van der Waals surface area contributed by atoms with Crippen LogP contribution >= 0.6 is 0 Å². The van der Waals surface area contributed by atoms with E-state index in [1.165, 1.54) is 19.3 Å². The molecule has 0 saturated heterocycles. The summed E-state index contributed by atoms with van der Waals surface area (Å²) >= 11 is 0. The topological polar surface area (TPSA) is 85.8 Å². The average Bonchev–Trinajstić information content (AvgIpc) is 3.02. The third-order valence-electron chi connectivity index (χ3n) is 5.77. The van der Waals surface area contributed by atoms with Crippen LogP contribution in [0.3, 0.4) is 0 Å². The van der Waals surface area contributed by atoms with Crippen molar-refractivity contribution in [2.45, 2.75) is 44.7 Å². The van der Waals surface area contributed by atoms with Crippen molar-refractivity contribution in [3.8, 4) is 0 Å². The molecule has 6 heteroatoms. The third-order valence-corrected chi connectivity index (χ3v) is 5.77. The van der Waals surface area contributed by atoms with Crippen LogP contribution in [0, 0.1) is 17.8 Å². The van der Waals surface area contributed by atoms with Crippen molar-refractivity contribution in [1.82, 2.24) is 14.8 Å². The Morgan fingerprint density at radius 1 is 1.20 bits per heavy atom. The van der Waals surface area contributed by atoms with Crippen LogP contribution in [0.15, 0.2) is 36.8 Å². The van der Waals surface area contributed by atoms with Crippen molar-refractivity contribution in [1.29, 1.82) is 0 Å². The first-order valence-corrected chi connectivity index (χ1v) is 9.18. The molecule has 2 aromatic rings. The summed E-state index contributed by atoms with van der Waals surface area (Å²) in [6.45, 7) is 0.667. The first kappa shape index (κ1) is 16.3. The number of amides is 1. The molecule has 2 bridgehead atoms. The number of hydrogen-bond donors (Lipinski definition) is 2. The highest BCUT2D eigenvalue weighted by molar-refractivity contribution is 5.91. The number of pyridine rings is 1. The van der Waals surface area contributed by atoms with Crippen LogP contribution in [0.2, 0.25) is 0 Å². The second-order valence-corrected chi connectivity index (χ2v) is 7.44. The molecule has 6 nitrogen and oxygen atoms in total. The van der Waals surface area contributed by atoms with Gasteiger partial charge < -0.3 is 11.1 Å². The molecule has 2 unspecified atom stereocenters. The first-order valence-electron chi connectivity index (χ1n) is 9.18. The van der Waals surface area contributed by atoms with Gasteiger partial charge in [-0.1, -0.05) is 6.42 Å². The molecule has 2 aliphatic rings. The van der Waals surface area contributed by atoms with Gasteiger partial charge in [-0.3, -0.25) is 14.5 Å². The lowest BCUT2D eigenvalue weighted by molar-refractivity contribution is -0.122. The Hall–Kier alpha value is -2.21. The molecule has 3 N–H and O–H groups in total. The van der Waals surface area contributed by atoms with Gasteiger partial charge in [0.25, 0.3) is 0 Å². The summed E-state index contributed by atoms with van der Waals surface area (Å²) in [6, 6.07) is 6.07. The van der Waals surface area contributed by atoms with Gasteiger partial charge in [-0.15, -0.1) is 0 Å². The molecule has 2 saturated carbocycles. The van der Waals surface area contributed by atoms with Crippen LogP contribution < -0.4 is 11.1 Å². The van der Waals surface area contributed by atoms with Gasteiger partial charge in [0.05, 0.1) is 6.54 Å². The van der Waals surface area contributed by atoms with E-state index in [9.17, 15) is 4.79 Å². The number of aromatic nitrogens is 3. The molecule has 132 valence electrons. The SMILES string of the molecule is NC1C2CCCC1CC(C(=O)Nc1ccn(Cc3ccncc3)n1)C2. The van der Waals surface area contributed by atoms with Crippen molar-refractivity contribution in [2.24, 2.45) is 23.5 Å². The number of carbonyl (C=O) groups excluding carboxylic acids is 1. The number of nitrogens with one attached hydrogen (secondary N) is 1. The molecule has 1 amide bonds. The van der Waals surface area contributed by atoms with Gasteiger partial charge in [-0.2, -0.15) is 5.10 Å². The maximum absolute atomic E-state index is 12.7. The van der Waals surface area contributed by atoms with E-state index in [1.807, 2.05) is 29.1 Å². The van der Waals surface area contributed by atoms with E-state index in [0.717, 1.165) is 18.4 Å². The van der Waals surface area contributed by atoms with E-state index in [2.05, 4.69) is 15.4 Å². The summed E-state index contributed by atoms with van der Waals surface area (Å²) in [5.41, 5.74) is 7.45. The fourth-order valence-corrected chi connectivity index (χ4v) is 4.42. The molecule has 0 aromatic carbocycles. The van der Waals surface area contributed by atoms with Gasteiger partial charge in [0.2, 0.25) is 5.91 Å². The number of anilines is 1. The smallest absolute Gasteiger partial charge is 0.228 e. The van der Waals surface area contributed by atoms with Gasteiger partial charge in [0.1, 0.15) is 0 Å². The lowest BCUT2D eigenvalue weighted by Crippen LogP contribution is -2.48. The molecule has 0 spiro atoms. The van der Waals surface area contributed by atoms with Crippen LogP contribution in [0.25, 0.3) is 0 Å². The van der Waals surface area contributed by atoms with Gasteiger partial charge in [0, 0.05) is 36.6 Å². The summed E-state index contributed by atoms with van der Waals surface area (Å²) in [7, 11) is 0. The lowest BCUT2D eigenvalue weighted by Gasteiger charge is -2.43.